The fourth-order valence-corrected chi connectivity index (χ4v) is 4.84. The number of rotatable bonds is 4. The fourth-order valence-electron chi connectivity index (χ4n) is 3.90. The lowest BCUT2D eigenvalue weighted by Crippen LogP contribution is -2.43. The largest absolute Gasteiger partial charge is 0.330 e. The van der Waals surface area contributed by atoms with Crippen LogP contribution in [-0.4, -0.2) is 38.6 Å². The normalized spacial score (nSPS) is 29.3. The maximum atomic E-state index is 11.7. The van der Waals surface area contributed by atoms with Crippen molar-refractivity contribution in [1.82, 2.24) is 4.31 Å². The smallest absolute Gasteiger partial charge is 0.211 e. The molecule has 2 fully saturated rings. The summed E-state index contributed by atoms with van der Waals surface area (Å²) in [6.45, 7) is 2.17. The topological polar surface area (TPSA) is 63.4 Å². The van der Waals surface area contributed by atoms with Crippen LogP contribution in [0.5, 0.6) is 0 Å². The van der Waals surface area contributed by atoms with Crippen molar-refractivity contribution in [2.45, 2.75) is 51.4 Å². The molecule has 0 aromatic rings. The zero-order valence-electron chi connectivity index (χ0n) is 12.1. The molecule has 19 heavy (non-hydrogen) atoms. The molecule has 0 bridgehead atoms. The molecule has 1 unspecified atom stereocenters. The van der Waals surface area contributed by atoms with Crippen LogP contribution in [0.2, 0.25) is 0 Å². The lowest BCUT2D eigenvalue weighted by atomic mass is 9.68. The number of nitrogens with zero attached hydrogens (tertiary/aromatic N) is 1. The molecule has 112 valence electrons. The molecule has 4 nitrogen and oxygen atoms in total. The van der Waals surface area contributed by atoms with Crippen LogP contribution in [0.25, 0.3) is 0 Å². The molecule has 0 radical (unpaired) electrons. The molecule has 0 amide bonds. The quantitative estimate of drug-likeness (QED) is 0.860. The maximum absolute atomic E-state index is 11.7. The lowest BCUT2D eigenvalue weighted by Gasteiger charge is -2.41. The van der Waals surface area contributed by atoms with Gasteiger partial charge in [0.1, 0.15) is 0 Å². The van der Waals surface area contributed by atoms with Gasteiger partial charge in [-0.15, -0.1) is 0 Å². The average Bonchev–Trinajstić information content (AvgIpc) is 2.39. The summed E-state index contributed by atoms with van der Waals surface area (Å²) in [7, 11) is -3.02. The van der Waals surface area contributed by atoms with Gasteiger partial charge in [0.05, 0.1) is 6.26 Å². The highest BCUT2D eigenvalue weighted by Gasteiger charge is 2.35. The Hall–Kier alpha value is -0.130. The number of nitrogens with two attached hydrogens (primary N) is 1. The number of sulfonamides is 1. The molecule has 2 rings (SSSR count). The highest BCUT2D eigenvalue weighted by molar-refractivity contribution is 7.88. The molecule has 0 spiro atoms. The van der Waals surface area contributed by atoms with Crippen LogP contribution < -0.4 is 5.73 Å². The minimum absolute atomic E-state index is 0.295. The molecule has 0 aromatic heterocycles. The minimum Gasteiger partial charge on any atom is -0.330 e. The van der Waals surface area contributed by atoms with E-state index in [9.17, 15) is 8.42 Å². The van der Waals surface area contributed by atoms with E-state index in [1.54, 1.807) is 4.31 Å². The standard InChI is InChI=1S/C14H28N2O2S/c1-19(17,18)16-9-5-6-13(11-16)10-14(12-15)7-3-2-4-8-14/h13H,2-12,15H2,1H3. The number of hydrogen-bond donors (Lipinski definition) is 1. The molecule has 1 atom stereocenters. The molecule has 0 aromatic carbocycles. The lowest BCUT2D eigenvalue weighted by molar-refractivity contribution is 0.123. The molecule has 1 aliphatic heterocycles. The Morgan fingerprint density at radius 3 is 2.47 bits per heavy atom. The second-order valence-electron chi connectivity index (χ2n) is 6.60. The van der Waals surface area contributed by atoms with Crippen LogP contribution in [0.3, 0.4) is 0 Å². The van der Waals surface area contributed by atoms with Gasteiger partial charge in [-0.3, -0.25) is 0 Å². The number of piperidine rings is 1. The van der Waals surface area contributed by atoms with E-state index in [1.165, 1.54) is 38.4 Å². The Kier molecular flexibility index (Phi) is 4.90. The average molecular weight is 288 g/mol. The third-order valence-corrected chi connectivity index (χ3v) is 6.29. The Bertz CT molecular complexity index is 388. The van der Waals surface area contributed by atoms with Gasteiger partial charge in [0, 0.05) is 13.1 Å². The molecule has 1 aliphatic carbocycles. The first kappa shape index (κ1) is 15.3. The molecule has 1 heterocycles. The van der Waals surface area contributed by atoms with Crippen molar-refractivity contribution >= 4 is 10.0 Å². The van der Waals surface area contributed by atoms with Gasteiger partial charge in [0.25, 0.3) is 0 Å². The summed E-state index contributed by atoms with van der Waals surface area (Å²) >= 11 is 0. The molecule has 1 saturated heterocycles. The summed E-state index contributed by atoms with van der Waals surface area (Å²) in [6.07, 6.45) is 11.0. The van der Waals surface area contributed by atoms with Crippen molar-refractivity contribution in [3.8, 4) is 0 Å². The van der Waals surface area contributed by atoms with E-state index in [1.807, 2.05) is 0 Å². The maximum Gasteiger partial charge on any atom is 0.211 e. The van der Waals surface area contributed by atoms with E-state index < -0.39 is 10.0 Å². The Morgan fingerprint density at radius 2 is 1.89 bits per heavy atom. The van der Waals surface area contributed by atoms with Crippen molar-refractivity contribution in [2.75, 3.05) is 25.9 Å². The molecule has 2 N–H and O–H groups in total. The summed E-state index contributed by atoms with van der Waals surface area (Å²) in [4.78, 5) is 0. The second kappa shape index (κ2) is 6.10. The van der Waals surface area contributed by atoms with Gasteiger partial charge < -0.3 is 5.73 Å². The molecule has 1 saturated carbocycles. The van der Waals surface area contributed by atoms with Gasteiger partial charge in [-0.2, -0.15) is 0 Å². The molecular weight excluding hydrogens is 260 g/mol. The Labute approximate surface area is 117 Å². The van der Waals surface area contributed by atoms with Crippen LogP contribution in [0.1, 0.15) is 51.4 Å². The van der Waals surface area contributed by atoms with Crippen molar-refractivity contribution in [3.63, 3.8) is 0 Å². The van der Waals surface area contributed by atoms with E-state index in [0.29, 0.717) is 24.4 Å². The predicted molar refractivity (Wildman–Crippen MR) is 78.3 cm³/mol. The van der Waals surface area contributed by atoms with Crippen molar-refractivity contribution in [2.24, 2.45) is 17.1 Å². The molecule has 2 aliphatic rings. The fraction of sp³-hybridized carbons (Fsp3) is 1.00. The first-order valence-corrected chi connectivity index (χ1v) is 9.45. The van der Waals surface area contributed by atoms with Gasteiger partial charge in [0.2, 0.25) is 10.0 Å². The third-order valence-electron chi connectivity index (χ3n) is 5.02. The SMILES string of the molecule is CS(=O)(=O)N1CCCC(CC2(CN)CCCCC2)C1. The van der Waals surface area contributed by atoms with E-state index >= 15 is 0 Å². The summed E-state index contributed by atoms with van der Waals surface area (Å²) < 4.78 is 25.0. The first-order chi connectivity index (χ1) is 8.95. The van der Waals surface area contributed by atoms with Crippen molar-refractivity contribution in [3.05, 3.63) is 0 Å². The van der Waals surface area contributed by atoms with E-state index in [4.69, 9.17) is 5.73 Å². The van der Waals surface area contributed by atoms with Gasteiger partial charge >= 0.3 is 0 Å². The Balaban J connectivity index is 1.97. The minimum atomic E-state index is -3.02. The number of hydrogen-bond acceptors (Lipinski definition) is 3. The zero-order valence-corrected chi connectivity index (χ0v) is 12.9. The third kappa shape index (κ3) is 3.92. The summed E-state index contributed by atoms with van der Waals surface area (Å²) in [6, 6.07) is 0. The summed E-state index contributed by atoms with van der Waals surface area (Å²) in [5.74, 6) is 0.505. The van der Waals surface area contributed by atoms with E-state index in [0.717, 1.165) is 25.8 Å². The van der Waals surface area contributed by atoms with Crippen LogP contribution in [-0.2, 0) is 10.0 Å². The van der Waals surface area contributed by atoms with Gasteiger partial charge in [-0.25, -0.2) is 12.7 Å². The first-order valence-electron chi connectivity index (χ1n) is 7.60. The van der Waals surface area contributed by atoms with E-state index in [-0.39, 0.29) is 0 Å². The summed E-state index contributed by atoms with van der Waals surface area (Å²) in [5.41, 5.74) is 6.34. The van der Waals surface area contributed by atoms with Crippen molar-refractivity contribution < 1.29 is 8.42 Å². The van der Waals surface area contributed by atoms with E-state index in [2.05, 4.69) is 0 Å². The van der Waals surface area contributed by atoms with Gasteiger partial charge in [-0.1, -0.05) is 19.3 Å². The molecule has 5 heteroatoms. The Morgan fingerprint density at radius 1 is 1.21 bits per heavy atom. The van der Waals surface area contributed by atoms with Gasteiger partial charge in [0.15, 0.2) is 0 Å². The zero-order chi connectivity index (χ0) is 13.9. The predicted octanol–water partition coefficient (Wildman–Crippen LogP) is 1.96. The van der Waals surface area contributed by atoms with Crippen LogP contribution in [0.4, 0.5) is 0 Å². The van der Waals surface area contributed by atoms with Crippen molar-refractivity contribution in [1.29, 1.82) is 0 Å². The van der Waals surface area contributed by atoms with Crippen LogP contribution >= 0.6 is 0 Å². The van der Waals surface area contributed by atoms with Crippen LogP contribution in [0, 0.1) is 11.3 Å². The highest BCUT2D eigenvalue weighted by atomic mass is 32.2. The summed E-state index contributed by atoms with van der Waals surface area (Å²) in [5, 5.41) is 0. The van der Waals surface area contributed by atoms with Crippen LogP contribution in [0.15, 0.2) is 0 Å². The van der Waals surface area contributed by atoms with Gasteiger partial charge in [-0.05, 0) is 50.0 Å². The second-order valence-corrected chi connectivity index (χ2v) is 8.58. The highest BCUT2D eigenvalue weighted by Crippen LogP contribution is 2.42. The molecular formula is C14H28N2O2S. The monoisotopic (exact) mass is 288 g/mol.